The van der Waals surface area contributed by atoms with Crippen LogP contribution >= 0.6 is 0 Å². The third-order valence-electron chi connectivity index (χ3n) is 2.29. The van der Waals surface area contributed by atoms with Crippen LogP contribution in [0.2, 0.25) is 0 Å². The lowest BCUT2D eigenvalue weighted by atomic mass is 10.3. The molecule has 0 aliphatic rings. The third kappa shape index (κ3) is 10.1. The first-order valence-electron chi connectivity index (χ1n) is 5.87. The molecule has 0 fully saturated rings. The van der Waals surface area contributed by atoms with Gasteiger partial charge in [0.1, 0.15) is 0 Å². The fourth-order valence-electron chi connectivity index (χ4n) is 0.968. The van der Waals surface area contributed by atoms with E-state index in [1.165, 1.54) is 0 Å². The number of nitrogens with two attached hydrogens (primary N) is 2. The largest absolute Gasteiger partial charge is 0.380 e. The van der Waals surface area contributed by atoms with Crippen molar-refractivity contribution in [1.29, 1.82) is 0 Å². The molecular weight excluding hydrogens is 192 g/mol. The summed E-state index contributed by atoms with van der Waals surface area (Å²) in [4.78, 5) is 0. The summed E-state index contributed by atoms with van der Waals surface area (Å²) >= 11 is 0. The van der Waals surface area contributed by atoms with Crippen LogP contribution in [0, 0.1) is 0 Å². The summed E-state index contributed by atoms with van der Waals surface area (Å²) in [7, 11) is 0. The monoisotopic (exact) mass is 218 g/mol. The quantitative estimate of drug-likeness (QED) is 0.534. The number of ether oxygens (including phenoxy) is 2. The molecule has 4 nitrogen and oxygen atoms in total. The molecule has 0 aliphatic carbocycles. The summed E-state index contributed by atoms with van der Waals surface area (Å²) in [6.45, 7) is 6.84. The molecule has 0 saturated carbocycles. The second-order valence-electron chi connectivity index (χ2n) is 3.84. The Labute approximate surface area is 93.3 Å². The van der Waals surface area contributed by atoms with E-state index in [9.17, 15) is 0 Å². The minimum absolute atomic E-state index is 0.166. The van der Waals surface area contributed by atoms with Crippen molar-refractivity contribution >= 4 is 0 Å². The van der Waals surface area contributed by atoms with Crippen molar-refractivity contribution in [3.05, 3.63) is 0 Å². The fraction of sp³-hybridized carbons (Fsp3) is 1.00. The van der Waals surface area contributed by atoms with Gasteiger partial charge in [-0.3, -0.25) is 0 Å². The van der Waals surface area contributed by atoms with Gasteiger partial charge < -0.3 is 20.9 Å². The number of rotatable bonds is 10. The first-order valence-corrected chi connectivity index (χ1v) is 5.87. The molecule has 0 heterocycles. The molecule has 0 aliphatic heterocycles. The lowest BCUT2D eigenvalue weighted by Gasteiger charge is -2.11. The fourth-order valence-corrected chi connectivity index (χ4v) is 0.968. The van der Waals surface area contributed by atoms with E-state index in [1.54, 1.807) is 0 Å². The van der Waals surface area contributed by atoms with Gasteiger partial charge in [0.25, 0.3) is 0 Å². The van der Waals surface area contributed by atoms with Crippen molar-refractivity contribution in [3.63, 3.8) is 0 Å². The first kappa shape index (κ1) is 14.8. The Morgan fingerprint density at radius 2 is 1.27 bits per heavy atom. The highest BCUT2D eigenvalue weighted by Crippen LogP contribution is 1.92. The third-order valence-corrected chi connectivity index (χ3v) is 2.29. The lowest BCUT2D eigenvalue weighted by molar-refractivity contribution is 0.0714. The summed E-state index contributed by atoms with van der Waals surface area (Å²) in [5, 5.41) is 0. The second-order valence-corrected chi connectivity index (χ2v) is 3.84. The highest BCUT2D eigenvalue weighted by Gasteiger charge is 1.99. The first-order chi connectivity index (χ1) is 7.20. The minimum atomic E-state index is 0.166. The summed E-state index contributed by atoms with van der Waals surface area (Å²) in [6.07, 6.45) is 2.83. The van der Waals surface area contributed by atoms with Gasteiger partial charge in [-0.1, -0.05) is 13.8 Å². The molecule has 0 amide bonds. The van der Waals surface area contributed by atoms with Crippen LogP contribution in [0.3, 0.4) is 0 Å². The maximum absolute atomic E-state index is 5.70. The van der Waals surface area contributed by atoms with E-state index in [0.717, 1.165) is 32.5 Å². The van der Waals surface area contributed by atoms with E-state index in [1.807, 2.05) is 0 Å². The van der Waals surface area contributed by atoms with Gasteiger partial charge in [0, 0.05) is 25.3 Å². The maximum Gasteiger partial charge on any atom is 0.0617 e. The molecule has 0 aromatic heterocycles. The zero-order valence-corrected chi connectivity index (χ0v) is 10.1. The Morgan fingerprint density at radius 3 is 1.60 bits per heavy atom. The maximum atomic E-state index is 5.70. The standard InChI is InChI=1S/C11H26N2O2/c1-3-10(12)8-14-6-5-7-15-9-11(13)4-2/h10-11H,3-9,12-13H2,1-2H3. The Kier molecular flexibility index (Phi) is 10.3. The van der Waals surface area contributed by atoms with Crippen molar-refractivity contribution in [1.82, 2.24) is 0 Å². The summed E-state index contributed by atoms with van der Waals surface area (Å²) in [5.74, 6) is 0. The van der Waals surface area contributed by atoms with E-state index >= 15 is 0 Å². The molecule has 15 heavy (non-hydrogen) atoms. The number of hydrogen-bond acceptors (Lipinski definition) is 4. The SMILES string of the molecule is CCC(N)COCCCOCC(N)CC. The predicted octanol–water partition coefficient (Wildman–Crippen LogP) is 0.884. The van der Waals surface area contributed by atoms with E-state index in [4.69, 9.17) is 20.9 Å². The zero-order valence-electron chi connectivity index (χ0n) is 10.1. The van der Waals surface area contributed by atoms with Gasteiger partial charge in [0.05, 0.1) is 13.2 Å². The molecular formula is C11H26N2O2. The molecule has 4 heteroatoms. The lowest BCUT2D eigenvalue weighted by Crippen LogP contribution is -2.26. The summed E-state index contributed by atoms with van der Waals surface area (Å²) < 4.78 is 10.8. The molecule has 2 unspecified atom stereocenters. The van der Waals surface area contributed by atoms with Gasteiger partial charge in [0.2, 0.25) is 0 Å². The zero-order chi connectivity index (χ0) is 11.5. The Hall–Kier alpha value is -0.160. The van der Waals surface area contributed by atoms with Gasteiger partial charge in [0.15, 0.2) is 0 Å². The molecule has 0 saturated heterocycles. The highest BCUT2D eigenvalue weighted by atomic mass is 16.5. The molecule has 0 aromatic carbocycles. The van der Waals surface area contributed by atoms with Crippen molar-refractivity contribution < 1.29 is 9.47 Å². The summed E-state index contributed by atoms with van der Waals surface area (Å²) in [5.41, 5.74) is 11.4. The van der Waals surface area contributed by atoms with Crippen molar-refractivity contribution in [2.45, 2.75) is 45.2 Å². The topological polar surface area (TPSA) is 70.5 Å². The van der Waals surface area contributed by atoms with Crippen molar-refractivity contribution in [2.24, 2.45) is 11.5 Å². The van der Waals surface area contributed by atoms with E-state index in [-0.39, 0.29) is 12.1 Å². The van der Waals surface area contributed by atoms with Crippen LogP contribution in [0.25, 0.3) is 0 Å². The van der Waals surface area contributed by atoms with E-state index in [2.05, 4.69) is 13.8 Å². The molecule has 0 radical (unpaired) electrons. The minimum Gasteiger partial charge on any atom is -0.380 e. The van der Waals surface area contributed by atoms with Gasteiger partial charge >= 0.3 is 0 Å². The van der Waals surface area contributed by atoms with Gasteiger partial charge in [-0.05, 0) is 19.3 Å². The van der Waals surface area contributed by atoms with E-state index < -0.39 is 0 Å². The summed E-state index contributed by atoms with van der Waals surface area (Å²) in [6, 6.07) is 0.332. The Balaban J connectivity index is 3.05. The Morgan fingerprint density at radius 1 is 0.867 bits per heavy atom. The molecule has 92 valence electrons. The molecule has 2 atom stereocenters. The van der Waals surface area contributed by atoms with Crippen LogP contribution in [0.5, 0.6) is 0 Å². The van der Waals surface area contributed by atoms with Crippen LogP contribution < -0.4 is 11.5 Å². The van der Waals surface area contributed by atoms with Crippen LogP contribution in [0.1, 0.15) is 33.1 Å². The van der Waals surface area contributed by atoms with Crippen LogP contribution in [0.15, 0.2) is 0 Å². The molecule has 0 aromatic rings. The van der Waals surface area contributed by atoms with Gasteiger partial charge in [-0.2, -0.15) is 0 Å². The van der Waals surface area contributed by atoms with Crippen LogP contribution in [0.4, 0.5) is 0 Å². The van der Waals surface area contributed by atoms with Crippen molar-refractivity contribution in [3.8, 4) is 0 Å². The van der Waals surface area contributed by atoms with Crippen LogP contribution in [-0.2, 0) is 9.47 Å². The van der Waals surface area contributed by atoms with Gasteiger partial charge in [-0.15, -0.1) is 0 Å². The Bertz CT molecular complexity index is 120. The highest BCUT2D eigenvalue weighted by molar-refractivity contribution is 4.56. The number of hydrogen-bond donors (Lipinski definition) is 2. The molecule has 0 bridgehead atoms. The van der Waals surface area contributed by atoms with Crippen LogP contribution in [-0.4, -0.2) is 38.5 Å². The molecule has 4 N–H and O–H groups in total. The second kappa shape index (κ2) is 10.4. The van der Waals surface area contributed by atoms with Gasteiger partial charge in [-0.25, -0.2) is 0 Å². The van der Waals surface area contributed by atoms with E-state index in [0.29, 0.717) is 13.2 Å². The molecule has 0 spiro atoms. The molecule has 0 rings (SSSR count). The predicted molar refractivity (Wildman–Crippen MR) is 62.8 cm³/mol. The average Bonchev–Trinajstić information content (AvgIpc) is 2.26. The van der Waals surface area contributed by atoms with Crippen molar-refractivity contribution in [2.75, 3.05) is 26.4 Å². The normalized spacial score (nSPS) is 15.2. The average molecular weight is 218 g/mol. The smallest absolute Gasteiger partial charge is 0.0617 e.